The predicted molar refractivity (Wildman–Crippen MR) is 55.7 cm³/mol. The molecular formula is C9H19N5. The third kappa shape index (κ3) is 1.78. The standard InChI is InChI=1S/C9H19N5/c1-9(2,13(3)4)7(10)8-12-11-6-14(8)5/h6-7H,10H2,1-5H3. The monoisotopic (exact) mass is 197 g/mol. The fourth-order valence-corrected chi connectivity index (χ4v) is 1.17. The van der Waals surface area contributed by atoms with Gasteiger partial charge in [0.25, 0.3) is 0 Å². The number of hydrogen-bond donors (Lipinski definition) is 1. The van der Waals surface area contributed by atoms with E-state index >= 15 is 0 Å². The summed E-state index contributed by atoms with van der Waals surface area (Å²) in [5, 5.41) is 7.86. The molecule has 0 aliphatic carbocycles. The van der Waals surface area contributed by atoms with Crippen LogP contribution < -0.4 is 5.73 Å². The Hall–Kier alpha value is -0.940. The summed E-state index contributed by atoms with van der Waals surface area (Å²) in [4.78, 5) is 2.09. The molecular weight excluding hydrogens is 178 g/mol. The molecule has 0 amide bonds. The van der Waals surface area contributed by atoms with E-state index in [4.69, 9.17) is 5.73 Å². The van der Waals surface area contributed by atoms with Gasteiger partial charge in [0.05, 0.1) is 6.04 Å². The van der Waals surface area contributed by atoms with Gasteiger partial charge in [0.15, 0.2) is 5.82 Å². The normalized spacial score (nSPS) is 14.8. The molecule has 0 fully saturated rings. The van der Waals surface area contributed by atoms with Crippen LogP contribution >= 0.6 is 0 Å². The van der Waals surface area contributed by atoms with Gasteiger partial charge in [0, 0.05) is 12.6 Å². The zero-order valence-electron chi connectivity index (χ0n) is 9.52. The van der Waals surface area contributed by atoms with Gasteiger partial charge in [-0.15, -0.1) is 10.2 Å². The maximum absolute atomic E-state index is 6.15. The molecule has 14 heavy (non-hydrogen) atoms. The van der Waals surface area contributed by atoms with E-state index in [2.05, 4.69) is 28.9 Å². The Bertz CT molecular complexity index is 302. The zero-order chi connectivity index (χ0) is 10.9. The van der Waals surface area contributed by atoms with Gasteiger partial charge in [-0.3, -0.25) is 0 Å². The number of aromatic nitrogens is 3. The molecule has 0 saturated carbocycles. The van der Waals surface area contributed by atoms with E-state index in [0.29, 0.717) is 0 Å². The summed E-state index contributed by atoms with van der Waals surface area (Å²) in [5.41, 5.74) is 6.02. The zero-order valence-corrected chi connectivity index (χ0v) is 9.52. The van der Waals surface area contributed by atoms with Crippen LogP contribution in [0.1, 0.15) is 25.7 Å². The molecule has 0 saturated heterocycles. The van der Waals surface area contributed by atoms with Crippen LogP contribution in [0.3, 0.4) is 0 Å². The molecule has 1 atom stereocenters. The second kappa shape index (κ2) is 3.67. The summed E-state index contributed by atoms with van der Waals surface area (Å²) < 4.78 is 1.86. The van der Waals surface area contributed by atoms with Crippen molar-refractivity contribution in [1.82, 2.24) is 19.7 Å². The molecule has 1 heterocycles. The lowest BCUT2D eigenvalue weighted by atomic mass is 9.93. The highest BCUT2D eigenvalue weighted by molar-refractivity contribution is 5.03. The van der Waals surface area contributed by atoms with Gasteiger partial charge < -0.3 is 15.2 Å². The molecule has 0 aromatic carbocycles. The summed E-state index contributed by atoms with van der Waals surface area (Å²) in [6.45, 7) is 4.18. The van der Waals surface area contributed by atoms with E-state index in [1.54, 1.807) is 6.33 Å². The Morgan fingerprint density at radius 1 is 1.50 bits per heavy atom. The van der Waals surface area contributed by atoms with Gasteiger partial charge in [-0.2, -0.15) is 0 Å². The molecule has 5 nitrogen and oxygen atoms in total. The van der Waals surface area contributed by atoms with Crippen LogP contribution in [0.25, 0.3) is 0 Å². The highest BCUT2D eigenvalue weighted by Gasteiger charge is 2.32. The van der Waals surface area contributed by atoms with Gasteiger partial charge >= 0.3 is 0 Å². The third-order valence-electron chi connectivity index (χ3n) is 2.94. The average molecular weight is 197 g/mol. The lowest BCUT2D eigenvalue weighted by Gasteiger charge is -2.37. The summed E-state index contributed by atoms with van der Waals surface area (Å²) in [6.07, 6.45) is 1.67. The Morgan fingerprint density at radius 2 is 2.07 bits per heavy atom. The number of nitrogens with two attached hydrogens (primary N) is 1. The lowest BCUT2D eigenvalue weighted by Crippen LogP contribution is -2.48. The fourth-order valence-electron chi connectivity index (χ4n) is 1.17. The largest absolute Gasteiger partial charge is 0.320 e. The highest BCUT2D eigenvalue weighted by atomic mass is 15.3. The first-order valence-corrected chi connectivity index (χ1v) is 4.64. The first-order chi connectivity index (χ1) is 6.37. The third-order valence-corrected chi connectivity index (χ3v) is 2.94. The molecule has 2 N–H and O–H groups in total. The molecule has 1 unspecified atom stereocenters. The van der Waals surface area contributed by atoms with Crippen molar-refractivity contribution in [2.24, 2.45) is 12.8 Å². The Labute approximate surface area is 84.9 Å². The van der Waals surface area contributed by atoms with Crippen LogP contribution in [-0.2, 0) is 7.05 Å². The molecule has 1 rings (SSSR count). The predicted octanol–water partition coefficient (Wildman–Crippen LogP) is 0.155. The Kier molecular flexibility index (Phi) is 2.92. The maximum Gasteiger partial charge on any atom is 0.151 e. The molecule has 0 spiro atoms. The van der Waals surface area contributed by atoms with Crippen LogP contribution in [-0.4, -0.2) is 39.3 Å². The van der Waals surface area contributed by atoms with Gasteiger partial charge in [-0.25, -0.2) is 0 Å². The van der Waals surface area contributed by atoms with Crippen LogP contribution in [0.15, 0.2) is 6.33 Å². The van der Waals surface area contributed by atoms with Crippen LogP contribution in [0.4, 0.5) is 0 Å². The van der Waals surface area contributed by atoms with Crippen molar-refractivity contribution in [1.29, 1.82) is 0 Å². The van der Waals surface area contributed by atoms with Crippen LogP contribution in [0.2, 0.25) is 0 Å². The molecule has 0 aliphatic heterocycles. The average Bonchev–Trinajstić information content (AvgIpc) is 2.49. The fraction of sp³-hybridized carbons (Fsp3) is 0.778. The van der Waals surface area contributed by atoms with Crippen LogP contribution in [0.5, 0.6) is 0 Å². The minimum absolute atomic E-state index is 0.138. The van der Waals surface area contributed by atoms with E-state index in [1.807, 2.05) is 25.7 Å². The van der Waals surface area contributed by atoms with Crippen molar-refractivity contribution >= 4 is 0 Å². The number of hydrogen-bond acceptors (Lipinski definition) is 4. The van der Waals surface area contributed by atoms with Crippen molar-refractivity contribution in [3.05, 3.63) is 12.2 Å². The van der Waals surface area contributed by atoms with Gasteiger partial charge in [-0.05, 0) is 27.9 Å². The maximum atomic E-state index is 6.15. The summed E-state index contributed by atoms with van der Waals surface area (Å²) in [5.74, 6) is 0.809. The number of likely N-dealkylation sites (N-methyl/N-ethyl adjacent to an activating group) is 1. The molecule has 0 aliphatic rings. The van der Waals surface area contributed by atoms with E-state index in [0.717, 1.165) is 5.82 Å². The quantitative estimate of drug-likeness (QED) is 0.749. The molecule has 5 heteroatoms. The number of aryl methyl sites for hydroxylation is 1. The van der Waals surface area contributed by atoms with Crippen LogP contribution in [0, 0.1) is 0 Å². The topological polar surface area (TPSA) is 60.0 Å². The number of nitrogens with zero attached hydrogens (tertiary/aromatic N) is 4. The molecule has 1 aromatic rings. The second-order valence-corrected chi connectivity index (χ2v) is 4.33. The van der Waals surface area contributed by atoms with E-state index in [1.165, 1.54) is 0 Å². The minimum Gasteiger partial charge on any atom is -0.320 e. The first-order valence-electron chi connectivity index (χ1n) is 4.64. The number of rotatable bonds is 3. The summed E-state index contributed by atoms with van der Waals surface area (Å²) in [7, 11) is 5.92. The van der Waals surface area contributed by atoms with Crippen molar-refractivity contribution in [3.8, 4) is 0 Å². The van der Waals surface area contributed by atoms with Gasteiger partial charge in [-0.1, -0.05) is 0 Å². The van der Waals surface area contributed by atoms with E-state index in [-0.39, 0.29) is 11.6 Å². The minimum atomic E-state index is -0.148. The van der Waals surface area contributed by atoms with Crippen molar-refractivity contribution in [2.75, 3.05) is 14.1 Å². The molecule has 0 radical (unpaired) electrons. The molecule has 1 aromatic heterocycles. The lowest BCUT2D eigenvalue weighted by molar-refractivity contribution is 0.153. The second-order valence-electron chi connectivity index (χ2n) is 4.33. The first kappa shape index (κ1) is 11.1. The van der Waals surface area contributed by atoms with Gasteiger partial charge in [0.1, 0.15) is 6.33 Å². The molecule has 0 bridgehead atoms. The van der Waals surface area contributed by atoms with E-state index < -0.39 is 0 Å². The molecule has 80 valence electrons. The summed E-state index contributed by atoms with van der Waals surface area (Å²) >= 11 is 0. The van der Waals surface area contributed by atoms with E-state index in [9.17, 15) is 0 Å². The van der Waals surface area contributed by atoms with Gasteiger partial charge in [0.2, 0.25) is 0 Å². The Morgan fingerprint density at radius 3 is 2.43 bits per heavy atom. The SMILES string of the molecule is CN(C)C(C)(C)C(N)c1nncn1C. The summed E-state index contributed by atoms with van der Waals surface area (Å²) in [6, 6.07) is -0.148. The highest BCUT2D eigenvalue weighted by Crippen LogP contribution is 2.25. The van der Waals surface area contributed by atoms with Crippen molar-refractivity contribution < 1.29 is 0 Å². The van der Waals surface area contributed by atoms with Crippen molar-refractivity contribution in [3.63, 3.8) is 0 Å². The Balaban J connectivity index is 2.96. The van der Waals surface area contributed by atoms with Crippen molar-refractivity contribution in [2.45, 2.75) is 25.4 Å². The smallest absolute Gasteiger partial charge is 0.151 e.